The number of piperazine rings is 1. The number of hydrogen-bond donors (Lipinski definition) is 0. The van der Waals surface area contributed by atoms with E-state index >= 15 is 0 Å². The van der Waals surface area contributed by atoms with Crippen LogP contribution in [0.15, 0.2) is 42.7 Å². The van der Waals surface area contributed by atoms with E-state index in [0.717, 1.165) is 30.4 Å². The Hall–Kier alpha value is -2.08. The number of hydrogen-bond acceptors (Lipinski definition) is 5. The van der Waals surface area contributed by atoms with Gasteiger partial charge in [-0.2, -0.15) is 11.8 Å². The summed E-state index contributed by atoms with van der Waals surface area (Å²) in [5, 5.41) is 0. The van der Waals surface area contributed by atoms with Gasteiger partial charge in [0.1, 0.15) is 0 Å². The molecule has 0 spiro atoms. The van der Waals surface area contributed by atoms with Crippen LogP contribution in [0.2, 0.25) is 0 Å². The van der Waals surface area contributed by atoms with Crippen molar-refractivity contribution in [2.45, 2.75) is 5.75 Å². The molecule has 1 saturated heterocycles. The maximum Gasteiger partial charge on any atom is 0.253 e. The van der Waals surface area contributed by atoms with Gasteiger partial charge in [0, 0.05) is 49.9 Å². The van der Waals surface area contributed by atoms with Gasteiger partial charge in [0.2, 0.25) is 5.95 Å². The van der Waals surface area contributed by atoms with Crippen molar-refractivity contribution in [2.75, 3.05) is 37.3 Å². The lowest BCUT2D eigenvalue weighted by atomic mass is 10.1. The quantitative estimate of drug-likeness (QED) is 0.862. The van der Waals surface area contributed by atoms with Crippen molar-refractivity contribution in [3.63, 3.8) is 0 Å². The predicted octanol–water partition coefficient (Wildman–Crippen LogP) is 2.30. The summed E-state index contributed by atoms with van der Waals surface area (Å²) in [6.45, 7) is 2.92. The first kappa shape index (κ1) is 15.8. The summed E-state index contributed by atoms with van der Waals surface area (Å²) in [4.78, 5) is 25.1. The Bertz CT molecular complexity index is 639. The Kier molecular flexibility index (Phi) is 5.12. The van der Waals surface area contributed by atoms with Gasteiger partial charge in [-0.1, -0.05) is 12.1 Å². The van der Waals surface area contributed by atoms with E-state index in [1.165, 1.54) is 5.56 Å². The molecule has 0 saturated carbocycles. The highest BCUT2D eigenvalue weighted by molar-refractivity contribution is 7.97. The van der Waals surface area contributed by atoms with E-state index in [0.29, 0.717) is 13.1 Å². The molecular weight excluding hydrogens is 308 g/mol. The molecule has 6 heteroatoms. The molecule has 1 fully saturated rings. The molecule has 120 valence electrons. The minimum Gasteiger partial charge on any atom is -0.337 e. The van der Waals surface area contributed by atoms with Gasteiger partial charge in [0.15, 0.2) is 0 Å². The smallest absolute Gasteiger partial charge is 0.253 e. The third kappa shape index (κ3) is 3.82. The Morgan fingerprint density at radius 1 is 1.09 bits per heavy atom. The number of carbonyl (C=O) groups excluding carboxylic acids is 1. The van der Waals surface area contributed by atoms with E-state index in [2.05, 4.69) is 21.1 Å². The third-order valence-corrected chi connectivity index (χ3v) is 4.54. The lowest BCUT2D eigenvalue weighted by molar-refractivity contribution is 0.0746. The molecule has 1 aromatic carbocycles. The highest BCUT2D eigenvalue weighted by atomic mass is 32.2. The van der Waals surface area contributed by atoms with Crippen LogP contribution in [-0.4, -0.2) is 53.2 Å². The van der Waals surface area contributed by atoms with Gasteiger partial charge in [-0.3, -0.25) is 4.79 Å². The first-order valence-electron chi connectivity index (χ1n) is 7.67. The Morgan fingerprint density at radius 2 is 1.74 bits per heavy atom. The largest absolute Gasteiger partial charge is 0.337 e. The number of benzene rings is 1. The number of rotatable bonds is 4. The molecule has 0 atom stereocenters. The van der Waals surface area contributed by atoms with E-state index in [1.54, 1.807) is 24.2 Å². The minimum absolute atomic E-state index is 0.106. The molecular formula is C17H20N4OS. The second-order valence-electron chi connectivity index (χ2n) is 5.46. The Labute approximate surface area is 140 Å². The molecule has 23 heavy (non-hydrogen) atoms. The number of amides is 1. The van der Waals surface area contributed by atoms with Gasteiger partial charge in [-0.25, -0.2) is 9.97 Å². The summed E-state index contributed by atoms with van der Waals surface area (Å²) in [7, 11) is 0. The number of anilines is 1. The van der Waals surface area contributed by atoms with Gasteiger partial charge in [0.25, 0.3) is 5.91 Å². The first-order valence-corrected chi connectivity index (χ1v) is 9.06. The van der Waals surface area contributed by atoms with Crippen LogP contribution in [0.4, 0.5) is 5.95 Å². The van der Waals surface area contributed by atoms with Crippen LogP contribution in [0, 0.1) is 0 Å². The van der Waals surface area contributed by atoms with Crippen LogP contribution in [0.5, 0.6) is 0 Å². The average Bonchev–Trinajstić information content (AvgIpc) is 2.63. The Morgan fingerprint density at radius 3 is 2.35 bits per heavy atom. The third-order valence-electron chi connectivity index (χ3n) is 3.91. The van der Waals surface area contributed by atoms with Gasteiger partial charge in [0.05, 0.1) is 0 Å². The molecule has 1 aliphatic heterocycles. The maximum absolute atomic E-state index is 12.6. The molecule has 2 aromatic rings. The standard InChI is InChI=1S/C17H20N4OS/c1-23-13-14-3-5-15(6-4-14)16(22)20-9-11-21(12-10-20)17-18-7-2-8-19-17/h2-8H,9-13H2,1H3. The molecule has 0 unspecified atom stereocenters. The summed E-state index contributed by atoms with van der Waals surface area (Å²) in [5.41, 5.74) is 2.01. The summed E-state index contributed by atoms with van der Waals surface area (Å²) >= 11 is 1.78. The van der Waals surface area contributed by atoms with Crippen LogP contribution in [0.3, 0.4) is 0 Å². The molecule has 0 aliphatic carbocycles. The second kappa shape index (κ2) is 7.46. The fourth-order valence-electron chi connectivity index (χ4n) is 2.66. The molecule has 3 rings (SSSR count). The number of nitrogens with zero attached hydrogens (tertiary/aromatic N) is 4. The lowest BCUT2D eigenvalue weighted by Gasteiger charge is -2.34. The number of carbonyl (C=O) groups is 1. The molecule has 0 bridgehead atoms. The minimum atomic E-state index is 0.106. The number of aromatic nitrogens is 2. The predicted molar refractivity (Wildman–Crippen MR) is 93.8 cm³/mol. The molecule has 0 N–H and O–H groups in total. The van der Waals surface area contributed by atoms with Crippen molar-refractivity contribution in [3.8, 4) is 0 Å². The zero-order chi connectivity index (χ0) is 16.1. The summed E-state index contributed by atoms with van der Waals surface area (Å²) in [6, 6.07) is 9.75. The van der Waals surface area contributed by atoms with Gasteiger partial charge < -0.3 is 9.80 Å². The van der Waals surface area contributed by atoms with E-state index in [9.17, 15) is 4.79 Å². The topological polar surface area (TPSA) is 49.3 Å². The van der Waals surface area contributed by atoms with E-state index in [1.807, 2.05) is 35.2 Å². The van der Waals surface area contributed by atoms with Gasteiger partial charge in [-0.15, -0.1) is 0 Å². The average molecular weight is 328 g/mol. The van der Waals surface area contributed by atoms with Crippen LogP contribution in [-0.2, 0) is 5.75 Å². The Balaban J connectivity index is 1.59. The molecule has 2 heterocycles. The SMILES string of the molecule is CSCc1ccc(C(=O)N2CCN(c3ncccn3)CC2)cc1. The summed E-state index contributed by atoms with van der Waals surface area (Å²) in [5.74, 6) is 1.82. The second-order valence-corrected chi connectivity index (χ2v) is 6.32. The van der Waals surface area contributed by atoms with Crippen molar-refractivity contribution < 1.29 is 4.79 Å². The van der Waals surface area contributed by atoms with E-state index in [4.69, 9.17) is 0 Å². The van der Waals surface area contributed by atoms with Crippen molar-refractivity contribution in [1.82, 2.24) is 14.9 Å². The molecule has 0 radical (unpaired) electrons. The normalized spacial score (nSPS) is 14.8. The highest BCUT2D eigenvalue weighted by Gasteiger charge is 2.23. The number of thioether (sulfide) groups is 1. The fourth-order valence-corrected chi connectivity index (χ4v) is 3.18. The summed E-state index contributed by atoms with van der Waals surface area (Å²) < 4.78 is 0. The van der Waals surface area contributed by atoms with Crippen molar-refractivity contribution >= 4 is 23.6 Å². The molecule has 1 aliphatic rings. The molecule has 1 amide bonds. The van der Waals surface area contributed by atoms with E-state index < -0.39 is 0 Å². The highest BCUT2D eigenvalue weighted by Crippen LogP contribution is 2.15. The lowest BCUT2D eigenvalue weighted by Crippen LogP contribution is -2.49. The zero-order valence-corrected chi connectivity index (χ0v) is 14.0. The van der Waals surface area contributed by atoms with Crippen molar-refractivity contribution in [3.05, 3.63) is 53.9 Å². The molecule has 1 aromatic heterocycles. The zero-order valence-electron chi connectivity index (χ0n) is 13.2. The summed E-state index contributed by atoms with van der Waals surface area (Å²) in [6.07, 6.45) is 5.57. The van der Waals surface area contributed by atoms with Crippen molar-refractivity contribution in [2.24, 2.45) is 0 Å². The molecule has 5 nitrogen and oxygen atoms in total. The van der Waals surface area contributed by atoms with Crippen LogP contribution in [0.1, 0.15) is 15.9 Å². The van der Waals surface area contributed by atoms with Crippen LogP contribution < -0.4 is 4.90 Å². The van der Waals surface area contributed by atoms with Crippen molar-refractivity contribution in [1.29, 1.82) is 0 Å². The van der Waals surface area contributed by atoms with Crippen LogP contribution >= 0.6 is 11.8 Å². The van der Waals surface area contributed by atoms with Crippen LogP contribution in [0.25, 0.3) is 0 Å². The monoisotopic (exact) mass is 328 g/mol. The first-order chi connectivity index (χ1) is 11.3. The maximum atomic E-state index is 12.6. The van der Waals surface area contributed by atoms with E-state index in [-0.39, 0.29) is 5.91 Å². The van der Waals surface area contributed by atoms with Gasteiger partial charge in [-0.05, 0) is 30.0 Å². The fraction of sp³-hybridized carbons (Fsp3) is 0.353. The van der Waals surface area contributed by atoms with Gasteiger partial charge >= 0.3 is 0 Å².